The van der Waals surface area contributed by atoms with Gasteiger partial charge in [-0.05, 0) is 45.3 Å². The molecule has 4 nitrogen and oxygen atoms in total. The Hall–Kier alpha value is -1.24. The van der Waals surface area contributed by atoms with Gasteiger partial charge in [-0.3, -0.25) is 5.10 Å². The summed E-state index contributed by atoms with van der Waals surface area (Å²) in [6.07, 6.45) is 2.03. The van der Waals surface area contributed by atoms with E-state index in [0.29, 0.717) is 5.75 Å². The third kappa shape index (κ3) is 2.60. The Morgan fingerprint density at radius 1 is 1.23 bits per heavy atom. The number of aromatic amines is 1. The Morgan fingerprint density at radius 3 is 2.50 bits per heavy atom. The first-order valence-electron chi connectivity index (χ1n) is 7.44. The van der Waals surface area contributed by atoms with Crippen LogP contribution in [0.3, 0.4) is 0 Å². The fourth-order valence-electron chi connectivity index (χ4n) is 2.46. The van der Waals surface area contributed by atoms with Crippen LogP contribution in [-0.4, -0.2) is 34.3 Å². The van der Waals surface area contributed by atoms with Crippen molar-refractivity contribution in [1.29, 1.82) is 0 Å². The Kier molecular flexibility index (Phi) is 3.87. The standard InChI is InChI=1S/C16H21BN2O2S/c1-15(2)16(3,4)21-17(20-15)11(10-22)9-14-12-7-5-6-8-13(12)18-19-14/h5-9,22H,10H2,1-4H3,(H,18,19). The van der Waals surface area contributed by atoms with Crippen LogP contribution >= 0.6 is 12.6 Å². The lowest BCUT2D eigenvalue weighted by Gasteiger charge is -2.32. The van der Waals surface area contributed by atoms with Crippen LogP contribution in [0.5, 0.6) is 0 Å². The predicted octanol–water partition coefficient (Wildman–Crippen LogP) is 3.51. The number of H-pyrrole nitrogens is 1. The van der Waals surface area contributed by atoms with Gasteiger partial charge in [0.05, 0.1) is 22.4 Å². The Morgan fingerprint density at radius 2 is 1.86 bits per heavy atom. The molecule has 1 aromatic carbocycles. The van der Waals surface area contributed by atoms with E-state index in [1.54, 1.807) is 0 Å². The molecule has 0 saturated carbocycles. The normalized spacial score (nSPS) is 20.8. The van der Waals surface area contributed by atoms with E-state index in [1.165, 1.54) is 0 Å². The molecule has 0 amide bonds. The average Bonchev–Trinajstić information content (AvgIpc) is 2.95. The van der Waals surface area contributed by atoms with Crippen LogP contribution in [0.4, 0.5) is 0 Å². The summed E-state index contributed by atoms with van der Waals surface area (Å²) in [6, 6.07) is 8.01. The highest BCUT2D eigenvalue weighted by Crippen LogP contribution is 2.39. The van der Waals surface area contributed by atoms with Crippen molar-refractivity contribution in [2.24, 2.45) is 0 Å². The molecule has 2 heterocycles. The summed E-state index contributed by atoms with van der Waals surface area (Å²) in [5.74, 6) is 0.560. The summed E-state index contributed by atoms with van der Waals surface area (Å²) in [7, 11) is -0.385. The number of fused-ring (bicyclic) bond motifs is 1. The van der Waals surface area contributed by atoms with E-state index in [4.69, 9.17) is 9.31 Å². The van der Waals surface area contributed by atoms with Crippen molar-refractivity contribution in [3.63, 3.8) is 0 Å². The Balaban J connectivity index is 1.95. The Bertz CT molecular complexity index is 708. The van der Waals surface area contributed by atoms with Gasteiger partial charge in [-0.25, -0.2) is 0 Å². The second-order valence-electron chi connectivity index (χ2n) is 6.62. The molecule has 1 aliphatic rings. The second-order valence-corrected chi connectivity index (χ2v) is 6.94. The molecule has 0 atom stereocenters. The highest BCUT2D eigenvalue weighted by Gasteiger charge is 2.52. The molecule has 2 aromatic rings. The van der Waals surface area contributed by atoms with Crippen LogP contribution in [0.1, 0.15) is 33.4 Å². The molecule has 0 aliphatic carbocycles. The largest absolute Gasteiger partial charge is 0.491 e. The minimum absolute atomic E-state index is 0.351. The lowest BCUT2D eigenvalue weighted by atomic mass is 9.78. The highest BCUT2D eigenvalue weighted by atomic mass is 32.1. The van der Waals surface area contributed by atoms with Gasteiger partial charge in [0.1, 0.15) is 0 Å². The maximum absolute atomic E-state index is 6.10. The van der Waals surface area contributed by atoms with Gasteiger partial charge in [0, 0.05) is 11.1 Å². The van der Waals surface area contributed by atoms with Crippen LogP contribution in [0.15, 0.2) is 29.7 Å². The molecule has 116 valence electrons. The molecule has 22 heavy (non-hydrogen) atoms. The number of thiol groups is 1. The number of aromatic nitrogens is 2. The van der Waals surface area contributed by atoms with E-state index in [1.807, 2.05) is 30.3 Å². The predicted molar refractivity (Wildman–Crippen MR) is 94.0 cm³/mol. The molecule has 1 N–H and O–H groups in total. The van der Waals surface area contributed by atoms with Crippen LogP contribution in [0.25, 0.3) is 17.0 Å². The van der Waals surface area contributed by atoms with Gasteiger partial charge >= 0.3 is 7.12 Å². The zero-order valence-corrected chi connectivity index (χ0v) is 14.3. The molecule has 0 bridgehead atoms. The van der Waals surface area contributed by atoms with Crippen molar-refractivity contribution < 1.29 is 9.31 Å². The van der Waals surface area contributed by atoms with Gasteiger partial charge in [-0.1, -0.05) is 18.2 Å². The minimum Gasteiger partial charge on any atom is -0.400 e. The van der Waals surface area contributed by atoms with E-state index in [0.717, 1.165) is 22.1 Å². The summed E-state index contributed by atoms with van der Waals surface area (Å²) >= 11 is 4.45. The fourth-order valence-corrected chi connectivity index (χ4v) is 2.70. The first kappa shape index (κ1) is 15.7. The molecule has 0 spiro atoms. The average molecular weight is 316 g/mol. The molecule has 6 heteroatoms. The Labute approximate surface area is 136 Å². The van der Waals surface area contributed by atoms with Gasteiger partial charge in [-0.15, -0.1) is 0 Å². The molecular formula is C16H21BN2O2S. The zero-order chi connectivity index (χ0) is 16.0. The molecule has 3 rings (SSSR count). The number of rotatable bonds is 3. The van der Waals surface area contributed by atoms with E-state index < -0.39 is 0 Å². The number of nitrogens with one attached hydrogen (secondary N) is 1. The summed E-state index contributed by atoms with van der Waals surface area (Å²) in [6.45, 7) is 8.20. The van der Waals surface area contributed by atoms with Crippen LogP contribution in [-0.2, 0) is 9.31 Å². The van der Waals surface area contributed by atoms with Crippen LogP contribution in [0, 0.1) is 0 Å². The molecular weight excluding hydrogens is 295 g/mol. The van der Waals surface area contributed by atoms with Gasteiger partial charge in [0.2, 0.25) is 0 Å². The summed E-state index contributed by atoms with van der Waals surface area (Å²) in [5, 5.41) is 8.47. The highest BCUT2D eigenvalue weighted by molar-refractivity contribution is 7.80. The maximum atomic E-state index is 6.10. The molecule has 1 saturated heterocycles. The molecule has 0 unspecified atom stereocenters. The number of hydrogen-bond donors (Lipinski definition) is 2. The lowest BCUT2D eigenvalue weighted by molar-refractivity contribution is 0.00578. The first-order chi connectivity index (χ1) is 10.3. The van der Waals surface area contributed by atoms with Crippen LogP contribution in [0.2, 0.25) is 0 Å². The zero-order valence-electron chi connectivity index (χ0n) is 13.4. The molecule has 1 aliphatic heterocycles. The van der Waals surface area contributed by atoms with E-state index in [9.17, 15) is 0 Å². The second kappa shape index (κ2) is 5.44. The number of nitrogens with zero attached hydrogens (tertiary/aromatic N) is 1. The number of para-hydroxylation sites is 1. The van der Waals surface area contributed by atoms with Crippen molar-refractivity contribution in [3.8, 4) is 0 Å². The van der Waals surface area contributed by atoms with Crippen molar-refractivity contribution in [2.45, 2.75) is 38.9 Å². The van der Waals surface area contributed by atoms with E-state index in [-0.39, 0.29) is 18.3 Å². The van der Waals surface area contributed by atoms with Gasteiger partial charge < -0.3 is 9.31 Å². The number of benzene rings is 1. The first-order valence-corrected chi connectivity index (χ1v) is 8.07. The quantitative estimate of drug-likeness (QED) is 0.673. The summed E-state index contributed by atoms with van der Waals surface area (Å²) in [4.78, 5) is 0. The van der Waals surface area contributed by atoms with Crippen molar-refractivity contribution in [1.82, 2.24) is 10.2 Å². The van der Waals surface area contributed by atoms with Crippen molar-refractivity contribution in [3.05, 3.63) is 35.4 Å². The fraction of sp³-hybridized carbons (Fsp3) is 0.438. The summed E-state index contributed by atoms with van der Waals surface area (Å²) in [5.41, 5.74) is 2.18. The third-order valence-electron chi connectivity index (χ3n) is 4.56. The monoisotopic (exact) mass is 316 g/mol. The molecule has 1 aromatic heterocycles. The van der Waals surface area contributed by atoms with Gasteiger partial charge in [0.15, 0.2) is 0 Å². The van der Waals surface area contributed by atoms with Crippen molar-refractivity contribution >= 4 is 36.7 Å². The maximum Gasteiger partial charge on any atom is 0.491 e. The van der Waals surface area contributed by atoms with Crippen molar-refractivity contribution in [2.75, 3.05) is 5.75 Å². The lowest BCUT2D eigenvalue weighted by Crippen LogP contribution is -2.41. The van der Waals surface area contributed by atoms with E-state index >= 15 is 0 Å². The number of hydrogen-bond acceptors (Lipinski definition) is 4. The topological polar surface area (TPSA) is 47.1 Å². The van der Waals surface area contributed by atoms with Crippen LogP contribution < -0.4 is 0 Å². The smallest absolute Gasteiger partial charge is 0.400 e. The minimum atomic E-state index is -0.385. The van der Waals surface area contributed by atoms with Gasteiger partial charge in [0.25, 0.3) is 0 Å². The molecule has 0 radical (unpaired) electrons. The van der Waals surface area contributed by atoms with Gasteiger partial charge in [-0.2, -0.15) is 17.7 Å². The third-order valence-corrected chi connectivity index (χ3v) is 4.92. The van der Waals surface area contributed by atoms with E-state index in [2.05, 4.69) is 50.5 Å². The molecule has 1 fully saturated rings. The SMILES string of the molecule is CC1(C)OB(C(=Cc2[nH]nc3ccccc23)CS)OC1(C)C. The summed E-state index contributed by atoms with van der Waals surface area (Å²) < 4.78 is 12.2.